The molecule has 0 spiro atoms. The Morgan fingerprint density at radius 3 is 2.90 bits per heavy atom. The number of benzene rings is 1. The van der Waals surface area contributed by atoms with Crippen molar-refractivity contribution in [3.63, 3.8) is 0 Å². The minimum absolute atomic E-state index is 0.258. The molecule has 5 heteroatoms. The molecule has 20 heavy (non-hydrogen) atoms. The zero-order chi connectivity index (χ0) is 14.4. The lowest BCUT2D eigenvalue weighted by Gasteiger charge is -2.17. The largest absolute Gasteiger partial charge is 0.334 e. The van der Waals surface area contributed by atoms with Crippen LogP contribution in [0.4, 0.5) is 0 Å². The summed E-state index contributed by atoms with van der Waals surface area (Å²) in [4.78, 5) is 5.78. The summed E-state index contributed by atoms with van der Waals surface area (Å²) in [5.41, 5.74) is 0. The van der Waals surface area contributed by atoms with E-state index in [1.807, 2.05) is 31.1 Å². The Balaban J connectivity index is 2.06. The van der Waals surface area contributed by atoms with Gasteiger partial charge in [0.25, 0.3) is 0 Å². The summed E-state index contributed by atoms with van der Waals surface area (Å²) >= 11 is 5.44. The molecule has 0 fully saturated rings. The molecule has 0 aliphatic carbocycles. The van der Waals surface area contributed by atoms with Gasteiger partial charge >= 0.3 is 0 Å². The third-order valence-corrected chi connectivity index (χ3v) is 5.24. The number of halogens is 1. The number of aromatic nitrogens is 2. The molecular formula is C15H20BrN3S. The van der Waals surface area contributed by atoms with Crippen molar-refractivity contribution in [3.8, 4) is 0 Å². The summed E-state index contributed by atoms with van der Waals surface area (Å²) in [6, 6.07) is 8.58. The van der Waals surface area contributed by atoms with Crippen LogP contribution in [0.25, 0.3) is 0 Å². The lowest BCUT2D eigenvalue weighted by molar-refractivity contribution is 0.552. The quantitative estimate of drug-likeness (QED) is 0.759. The normalized spacial score (nSPS) is 12.6. The summed E-state index contributed by atoms with van der Waals surface area (Å²) in [6.07, 6.45) is 5.07. The topological polar surface area (TPSA) is 29.9 Å². The fourth-order valence-corrected chi connectivity index (χ4v) is 3.75. The van der Waals surface area contributed by atoms with Gasteiger partial charge in [-0.1, -0.05) is 19.1 Å². The van der Waals surface area contributed by atoms with Gasteiger partial charge in [-0.2, -0.15) is 0 Å². The third kappa shape index (κ3) is 3.87. The zero-order valence-corrected chi connectivity index (χ0v) is 14.2. The van der Waals surface area contributed by atoms with Gasteiger partial charge < -0.3 is 9.88 Å². The van der Waals surface area contributed by atoms with Crippen molar-refractivity contribution in [1.82, 2.24) is 14.9 Å². The zero-order valence-electron chi connectivity index (χ0n) is 11.8. The molecule has 1 heterocycles. The van der Waals surface area contributed by atoms with Crippen LogP contribution in [0.1, 0.15) is 25.2 Å². The first-order valence-corrected chi connectivity index (χ1v) is 8.59. The number of thioether (sulfide) groups is 1. The number of nitrogens with zero attached hydrogens (tertiary/aromatic N) is 2. The number of rotatable bonds is 7. The van der Waals surface area contributed by atoms with Gasteiger partial charge in [0.15, 0.2) is 0 Å². The van der Waals surface area contributed by atoms with Gasteiger partial charge in [0.1, 0.15) is 5.82 Å². The molecule has 2 aromatic rings. The van der Waals surface area contributed by atoms with Crippen molar-refractivity contribution in [2.45, 2.75) is 30.8 Å². The molecule has 108 valence electrons. The second-order valence-corrected chi connectivity index (χ2v) is 6.48. The lowest BCUT2D eigenvalue weighted by Crippen LogP contribution is -2.23. The fourth-order valence-electron chi connectivity index (χ4n) is 2.08. The van der Waals surface area contributed by atoms with Crippen LogP contribution < -0.4 is 5.32 Å². The smallest absolute Gasteiger partial charge is 0.126 e. The first-order valence-electron chi connectivity index (χ1n) is 6.82. The monoisotopic (exact) mass is 353 g/mol. The van der Waals surface area contributed by atoms with Crippen molar-refractivity contribution in [3.05, 3.63) is 47.0 Å². The predicted molar refractivity (Wildman–Crippen MR) is 89.2 cm³/mol. The molecule has 3 nitrogen and oxygen atoms in total. The van der Waals surface area contributed by atoms with Crippen molar-refractivity contribution in [1.29, 1.82) is 0 Å². The van der Waals surface area contributed by atoms with E-state index in [0.29, 0.717) is 0 Å². The molecule has 1 aromatic heterocycles. The molecule has 0 radical (unpaired) electrons. The van der Waals surface area contributed by atoms with Crippen molar-refractivity contribution >= 4 is 27.7 Å². The first kappa shape index (κ1) is 15.6. The van der Waals surface area contributed by atoms with Crippen LogP contribution in [0.2, 0.25) is 0 Å². The molecule has 0 bridgehead atoms. The maximum atomic E-state index is 4.52. The van der Waals surface area contributed by atoms with Crippen LogP contribution in [0.5, 0.6) is 0 Å². The van der Waals surface area contributed by atoms with Crippen LogP contribution in [-0.2, 0) is 6.54 Å². The Bertz CT molecular complexity index is 541. The van der Waals surface area contributed by atoms with E-state index in [1.165, 1.54) is 4.90 Å². The van der Waals surface area contributed by atoms with E-state index < -0.39 is 0 Å². The molecule has 2 rings (SSSR count). The number of hydrogen-bond acceptors (Lipinski definition) is 3. The van der Waals surface area contributed by atoms with Gasteiger partial charge in [-0.25, -0.2) is 4.98 Å². The molecule has 1 unspecified atom stereocenters. The number of aryl methyl sites for hydroxylation is 1. The SMILES string of the molecule is CCCn1ccnc1C(CSc1ccccc1Br)NC. The van der Waals surface area contributed by atoms with Gasteiger partial charge in [-0.3, -0.25) is 0 Å². The Morgan fingerprint density at radius 1 is 1.40 bits per heavy atom. The van der Waals surface area contributed by atoms with Crippen molar-refractivity contribution in [2.75, 3.05) is 12.8 Å². The summed E-state index contributed by atoms with van der Waals surface area (Å²) < 4.78 is 3.39. The second kappa shape index (κ2) is 7.86. The molecule has 0 aliphatic rings. The van der Waals surface area contributed by atoms with Gasteiger partial charge in [-0.05, 0) is 41.5 Å². The van der Waals surface area contributed by atoms with E-state index in [-0.39, 0.29) is 6.04 Å². The molecule has 1 aromatic carbocycles. The van der Waals surface area contributed by atoms with Crippen molar-refractivity contribution < 1.29 is 0 Å². The highest BCUT2D eigenvalue weighted by atomic mass is 79.9. The predicted octanol–water partition coefficient (Wildman–Crippen LogP) is 4.11. The highest BCUT2D eigenvalue weighted by Gasteiger charge is 2.15. The molecule has 0 amide bonds. The summed E-state index contributed by atoms with van der Waals surface area (Å²) in [7, 11) is 2.00. The van der Waals surface area contributed by atoms with E-state index in [2.05, 4.69) is 62.1 Å². The Morgan fingerprint density at radius 2 is 2.20 bits per heavy atom. The van der Waals surface area contributed by atoms with Crippen LogP contribution in [0, 0.1) is 0 Å². The molecule has 0 saturated heterocycles. The third-order valence-electron chi connectivity index (χ3n) is 3.11. The second-order valence-electron chi connectivity index (χ2n) is 4.56. The summed E-state index contributed by atoms with van der Waals surface area (Å²) in [5.74, 6) is 2.08. The van der Waals surface area contributed by atoms with E-state index in [1.54, 1.807) is 0 Å². The van der Waals surface area contributed by atoms with Gasteiger partial charge in [0.05, 0.1) is 6.04 Å². The minimum Gasteiger partial charge on any atom is -0.334 e. The van der Waals surface area contributed by atoms with E-state index in [9.17, 15) is 0 Å². The Hall–Kier alpha value is -0.780. The van der Waals surface area contributed by atoms with Gasteiger partial charge in [-0.15, -0.1) is 11.8 Å². The number of hydrogen-bond donors (Lipinski definition) is 1. The molecule has 0 aliphatic heterocycles. The Kier molecular flexibility index (Phi) is 6.13. The minimum atomic E-state index is 0.258. The van der Waals surface area contributed by atoms with Crippen LogP contribution in [-0.4, -0.2) is 22.4 Å². The molecular weight excluding hydrogens is 334 g/mol. The average molecular weight is 354 g/mol. The highest BCUT2D eigenvalue weighted by Crippen LogP contribution is 2.30. The molecule has 1 N–H and O–H groups in total. The van der Waals surface area contributed by atoms with Crippen LogP contribution in [0.15, 0.2) is 46.0 Å². The maximum absolute atomic E-state index is 4.52. The van der Waals surface area contributed by atoms with Gasteiger partial charge in [0, 0.05) is 34.1 Å². The van der Waals surface area contributed by atoms with Crippen LogP contribution in [0.3, 0.4) is 0 Å². The van der Waals surface area contributed by atoms with E-state index in [0.717, 1.165) is 29.0 Å². The maximum Gasteiger partial charge on any atom is 0.126 e. The highest BCUT2D eigenvalue weighted by molar-refractivity contribution is 9.10. The van der Waals surface area contributed by atoms with Gasteiger partial charge in [0.2, 0.25) is 0 Å². The Labute approximate surface area is 133 Å². The summed E-state index contributed by atoms with van der Waals surface area (Å²) in [5, 5.41) is 3.37. The van der Waals surface area contributed by atoms with Crippen molar-refractivity contribution in [2.24, 2.45) is 0 Å². The fraction of sp³-hybridized carbons (Fsp3) is 0.400. The van der Waals surface area contributed by atoms with Crippen LogP contribution >= 0.6 is 27.7 Å². The standard InChI is InChI=1S/C15H20BrN3S/c1-3-9-19-10-8-18-15(19)13(17-2)11-20-14-7-5-4-6-12(14)16/h4-8,10,13,17H,3,9,11H2,1-2H3. The van der Waals surface area contributed by atoms with E-state index in [4.69, 9.17) is 0 Å². The molecule has 1 atom stereocenters. The lowest BCUT2D eigenvalue weighted by atomic mass is 10.3. The first-order chi connectivity index (χ1) is 9.76. The summed E-state index contributed by atoms with van der Waals surface area (Å²) in [6.45, 7) is 3.21. The number of nitrogens with one attached hydrogen (secondary N) is 1. The van der Waals surface area contributed by atoms with E-state index >= 15 is 0 Å². The average Bonchev–Trinajstić information content (AvgIpc) is 2.90. The molecule has 0 saturated carbocycles. The number of imidazole rings is 1.